The van der Waals surface area contributed by atoms with E-state index >= 15 is 0 Å². The van der Waals surface area contributed by atoms with E-state index in [0.29, 0.717) is 32.7 Å². The van der Waals surface area contributed by atoms with Gasteiger partial charge in [0.05, 0.1) is 32.8 Å². The molecule has 1 unspecified atom stereocenters. The molecule has 2 aromatic carbocycles. The Balaban J connectivity index is 1.57. The first-order valence-corrected chi connectivity index (χ1v) is 14.2. The number of aliphatic carboxylic acids is 1. The highest BCUT2D eigenvalue weighted by molar-refractivity contribution is 5.78. The Labute approximate surface area is 231 Å². The van der Waals surface area contributed by atoms with E-state index in [1.165, 1.54) is 5.06 Å². The number of fused-ring (bicyclic) bond motifs is 1. The second-order valence-corrected chi connectivity index (χ2v) is 10.5. The van der Waals surface area contributed by atoms with Gasteiger partial charge in [0.2, 0.25) is 0 Å². The average Bonchev–Trinajstić information content (AvgIpc) is 3.55. The topological polar surface area (TPSA) is 88.5 Å². The van der Waals surface area contributed by atoms with E-state index in [1.807, 2.05) is 50.2 Å². The van der Waals surface area contributed by atoms with Gasteiger partial charge in [-0.2, -0.15) is 0 Å². The third kappa shape index (κ3) is 6.92. The lowest BCUT2D eigenvalue weighted by Crippen LogP contribution is -2.44. The summed E-state index contributed by atoms with van der Waals surface area (Å²) in [4.78, 5) is 34.0. The predicted molar refractivity (Wildman–Crippen MR) is 149 cm³/mol. The largest absolute Gasteiger partial charge is 0.496 e. The Kier molecular flexibility index (Phi) is 10.2. The van der Waals surface area contributed by atoms with Gasteiger partial charge >= 0.3 is 5.97 Å². The van der Waals surface area contributed by atoms with Gasteiger partial charge in [-0.1, -0.05) is 44.2 Å². The second-order valence-electron chi connectivity index (χ2n) is 10.5. The summed E-state index contributed by atoms with van der Waals surface area (Å²) in [6.07, 6.45) is 4.66. The zero-order valence-electron chi connectivity index (χ0n) is 23.4. The van der Waals surface area contributed by atoms with Crippen molar-refractivity contribution in [3.05, 3.63) is 59.2 Å². The highest BCUT2D eigenvalue weighted by Crippen LogP contribution is 2.41. The lowest BCUT2D eigenvalue weighted by atomic mass is 9.83. The molecule has 0 bridgehead atoms. The van der Waals surface area contributed by atoms with Crippen molar-refractivity contribution in [3.8, 4) is 11.5 Å². The number of carboxylic acids is 1. The van der Waals surface area contributed by atoms with Crippen LogP contribution in [0.25, 0.3) is 0 Å². The van der Waals surface area contributed by atoms with Gasteiger partial charge in [-0.05, 0) is 60.9 Å². The minimum atomic E-state index is -0.818. The van der Waals surface area contributed by atoms with E-state index in [1.54, 1.807) is 7.11 Å². The summed E-state index contributed by atoms with van der Waals surface area (Å²) < 4.78 is 11.2. The lowest BCUT2D eigenvalue weighted by molar-refractivity contribution is -0.188. The second kappa shape index (κ2) is 13.8. The summed E-state index contributed by atoms with van der Waals surface area (Å²) in [6.45, 7) is 6.32. The lowest BCUT2D eigenvalue weighted by Gasteiger charge is -2.29. The van der Waals surface area contributed by atoms with Gasteiger partial charge < -0.3 is 14.6 Å². The number of carboxylic acid groups (broad SMARTS) is 1. The highest BCUT2D eigenvalue weighted by Gasteiger charge is 2.47. The highest BCUT2D eigenvalue weighted by atomic mass is 16.7. The molecule has 4 rings (SSSR count). The first-order valence-electron chi connectivity index (χ1n) is 14.2. The van der Waals surface area contributed by atoms with Crippen molar-refractivity contribution in [2.45, 2.75) is 64.3 Å². The molecule has 1 N–H and O–H groups in total. The summed E-state index contributed by atoms with van der Waals surface area (Å²) in [6, 6.07) is 13.7. The molecule has 2 aliphatic rings. The molecule has 2 aromatic rings. The smallest absolute Gasteiger partial charge is 0.308 e. The van der Waals surface area contributed by atoms with Crippen molar-refractivity contribution in [1.29, 1.82) is 0 Å². The fourth-order valence-electron chi connectivity index (χ4n) is 5.96. The van der Waals surface area contributed by atoms with E-state index in [9.17, 15) is 14.7 Å². The van der Waals surface area contributed by atoms with Crippen LogP contribution in [0.2, 0.25) is 0 Å². The molecule has 1 fully saturated rings. The Morgan fingerprint density at radius 1 is 1.15 bits per heavy atom. The Bertz CT molecular complexity index is 1120. The van der Waals surface area contributed by atoms with Crippen molar-refractivity contribution >= 4 is 11.9 Å². The molecular formula is C31H42N2O6. The molecule has 0 radical (unpaired) electrons. The summed E-state index contributed by atoms with van der Waals surface area (Å²) in [5.41, 5.74) is 3.23. The molecule has 3 atom stereocenters. The number of hydrogen-bond acceptors (Lipinski definition) is 6. The van der Waals surface area contributed by atoms with Gasteiger partial charge in [0.1, 0.15) is 11.5 Å². The molecule has 2 aliphatic heterocycles. The van der Waals surface area contributed by atoms with Crippen molar-refractivity contribution < 1.29 is 29.0 Å². The molecule has 2 heterocycles. The maximum Gasteiger partial charge on any atom is 0.308 e. The van der Waals surface area contributed by atoms with Crippen LogP contribution in [-0.2, 0) is 27.3 Å². The summed E-state index contributed by atoms with van der Waals surface area (Å²) in [5.74, 6) is -0.0472. The first kappa shape index (κ1) is 28.9. The van der Waals surface area contributed by atoms with Gasteiger partial charge in [-0.3, -0.25) is 19.3 Å². The molecule has 8 heteroatoms. The van der Waals surface area contributed by atoms with E-state index in [-0.39, 0.29) is 24.4 Å². The number of hydrogen-bond donors (Lipinski definition) is 1. The van der Waals surface area contributed by atoms with Gasteiger partial charge in [0.15, 0.2) is 0 Å². The van der Waals surface area contributed by atoms with Crippen molar-refractivity contribution in [1.82, 2.24) is 9.96 Å². The number of aryl methyl sites for hydroxylation is 1. The number of carbonyl (C=O) groups is 2. The quantitative estimate of drug-likeness (QED) is 0.349. The molecule has 39 heavy (non-hydrogen) atoms. The molecule has 8 nitrogen and oxygen atoms in total. The monoisotopic (exact) mass is 538 g/mol. The van der Waals surface area contributed by atoms with Crippen molar-refractivity contribution in [2.24, 2.45) is 5.92 Å². The fourth-order valence-corrected chi connectivity index (χ4v) is 5.96. The number of hydroxylamine groups is 2. The maximum absolute atomic E-state index is 13.4. The maximum atomic E-state index is 13.4. The summed E-state index contributed by atoms with van der Waals surface area (Å²) in [5, 5.41) is 11.9. The Hall–Kier alpha value is -3.10. The predicted octanol–water partition coefficient (Wildman–Crippen LogP) is 4.70. The van der Waals surface area contributed by atoms with Crippen LogP contribution >= 0.6 is 0 Å². The van der Waals surface area contributed by atoms with Crippen LogP contribution in [0.1, 0.15) is 62.1 Å². The van der Waals surface area contributed by atoms with Crippen molar-refractivity contribution in [3.63, 3.8) is 0 Å². The molecule has 212 valence electrons. The number of methoxy groups -OCH3 is 1. The number of benzene rings is 2. The number of ether oxygens (including phenoxy) is 2. The number of rotatable bonds is 14. The van der Waals surface area contributed by atoms with Crippen LogP contribution in [-0.4, -0.2) is 72.9 Å². The van der Waals surface area contributed by atoms with Crippen LogP contribution in [0, 0.1) is 5.92 Å². The Morgan fingerprint density at radius 3 is 2.72 bits per heavy atom. The van der Waals surface area contributed by atoms with E-state index in [4.69, 9.17) is 14.3 Å². The zero-order chi connectivity index (χ0) is 27.8. The van der Waals surface area contributed by atoms with Crippen LogP contribution in [0.15, 0.2) is 42.5 Å². The zero-order valence-corrected chi connectivity index (χ0v) is 23.4. The first-order chi connectivity index (χ1) is 19.0. The normalized spacial score (nSPS) is 20.4. The minimum Gasteiger partial charge on any atom is -0.496 e. The van der Waals surface area contributed by atoms with Crippen LogP contribution in [0.5, 0.6) is 11.5 Å². The third-order valence-corrected chi connectivity index (χ3v) is 7.81. The molecule has 1 amide bonds. The molecule has 0 spiro atoms. The van der Waals surface area contributed by atoms with E-state index < -0.39 is 11.9 Å². The number of nitrogens with zero attached hydrogens (tertiary/aromatic N) is 2. The molecular weight excluding hydrogens is 496 g/mol. The Morgan fingerprint density at radius 2 is 1.97 bits per heavy atom. The third-order valence-electron chi connectivity index (χ3n) is 7.81. The van der Waals surface area contributed by atoms with Crippen molar-refractivity contribution in [2.75, 3.05) is 40.0 Å². The average molecular weight is 539 g/mol. The fraction of sp³-hybridized carbons (Fsp3) is 0.548. The van der Waals surface area contributed by atoms with Crippen LogP contribution in [0.4, 0.5) is 0 Å². The van der Waals surface area contributed by atoms with Crippen LogP contribution < -0.4 is 9.47 Å². The summed E-state index contributed by atoms with van der Waals surface area (Å²) >= 11 is 0. The van der Waals surface area contributed by atoms with Gasteiger partial charge in [0.25, 0.3) is 5.91 Å². The molecule has 0 saturated carbocycles. The number of likely N-dealkylation sites (tertiary alicyclic amines) is 1. The number of carbonyl (C=O) groups excluding carboxylic acids is 1. The minimum absolute atomic E-state index is 0.118. The van der Waals surface area contributed by atoms with Crippen LogP contribution in [0.3, 0.4) is 0 Å². The SMILES string of the molecule is CCCON(CCC)C(=O)CN1C[C@H](c2ccc3c(c2)CCO3)C(C(=O)O)[C@@H]1CCCc1ccccc1OC. The van der Waals surface area contributed by atoms with Gasteiger partial charge in [0, 0.05) is 31.5 Å². The number of amides is 1. The molecule has 0 aromatic heterocycles. The molecule has 1 saturated heterocycles. The standard InChI is InChI=1S/C31H42N2O6/c1-4-16-33(39-17-5-2)29(34)21-32-20-25(23-13-14-28-24(19-23)15-18-38-28)30(31(35)36)26(32)11-8-10-22-9-6-7-12-27(22)37-3/h6-7,9,12-14,19,25-26,30H,4-5,8,10-11,15-18,20-21H2,1-3H3,(H,35,36)/t25-,26+,30?/m1/s1. The van der Waals surface area contributed by atoms with Gasteiger partial charge in [-0.25, -0.2) is 5.06 Å². The number of para-hydroxylation sites is 1. The van der Waals surface area contributed by atoms with Gasteiger partial charge in [-0.15, -0.1) is 0 Å². The van der Waals surface area contributed by atoms with E-state index in [2.05, 4.69) is 11.0 Å². The summed E-state index contributed by atoms with van der Waals surface area (Å²) in [7, 11) is 1.67. The van der Waals surface area contributed by atoms with E-state index in [0.717, 1.165) is 60.3 Å². The molecule has 0 aliphatic carbocycles.